The number of hydrogen-bond acceptors (Lipinski definition) is 6. The van der Waals surface area contributed by atoms with Crippen molar-refractivity contribution in [2.24, 2.45) is 5.41 Å². The van der Waals surface area contributed by atoms with Crippen LogP contribution in [0.5, 0.6) is 0 Å². The summed E-state index contributed by atoms with van der Waals surface area (Å²) in [6.07, 6.45) is 0.962. The summed E-state index contributed by atoms with van der Waals surface area (Å²) in [5.74, 6) is -0.0788. The van der Waals surface area contributed by atoms with E-state index in [0.717, 1.165) is 0 Å². The number of piperidine rings is 1. The molecule has 1 unspecified atom stereocenters. The Bertz CT molecular complexity index is 568. The van der Waals surface area contributed by atoms with Gasteiger partial charge in [-0.2, -0.15) is 0 Å². The first-order valence-corrected chi connectivity index (χ1v) is 10.3. The molecule has 0 aromatic rings. The number of ether oxygens (including phenoxy) is 1. The molecular formula is C16H29NO6S. The van der Waals surface area contributed by atoms with Crippen LogP contribution in [0.1, 0.15) is 46.5 Å². The number of hydrogen-bond donors (Lipinski definition) is 2. The third-order valence-corrected chi connectivity index (χ3v) is 6.85. The van der Waals surface area contributed by atoms with Crippen LogP contribution in [0.25, 0.3) is 0 Å². The predicted octanol–water partition coefficient (Wildman–Crippen LogP) is 0.936. The van der Waals surface area contributed by atoms with Crippen LogP contribution >= 0.6 is 0 Å². The first-order chi connectivity index (χ1) is 10.9. The lowest BCUT2D eigenvalue weighted by molar-refractivity contribution is -0.147. The lowest BCUT2D eigenvalue weighted by Crippen LogP contribution is -2.62. The van der Waals surface area contributed by atoms with Gasteiger partial charge in [0.05, 0.1) is 30.3 Å². The third-order valence-electron chi connectivity index (χ3n) is 5.20. The molecule has 2 rings (SSSR count). The molecule has 0 aromatic carbocycles. The van der Waals surface area contributed by atoms with Crippen LogP contribution in [-0.4, -0.2) is 72.0 Å². The van der Waals surface area contributed by atoms with E-state index in [9.17, 15) is 23.4 Å². The van der Waals surface area contributed by atoms with E-state index in [1.165, 1.54) is 4.90 Å². The third kappa shape index (κ3) is 4.03. The van der Waals surface area contributed by atoms with Crippen molar-refractivity contribution in [3.63, 3.8) is 0 Å². The van der Waals surface area contributed by atoms with Gasteiger partial charge in [-0.25, -0.2) is 13.2 Å². The molecule has 2 aliphatic heterocycles. The van der Waals surface area contributed by atoms with Gasteiger partial charge in [-0.05, 0) is 46.5 Å². The van der Waals surface area contributed by atoms with Crippen molar-refractivity contribution in [1.82, 2.24) is 4.90 Å². The average Bonchev–Trinajstić information content (AvgIpc) is 2.46. The molecule has 140 valence electrons. The van der Waals surface area contributed by atoms with E-state index in [-0.39, 0.29) is 37.5 Å². The summed E-state index contributed by atoms with van der Waals surface area (Å²) in [5, 5.41) is 21.2. The molecule has 1 atom stereocenters. The van der Waals surface area contributed by atoms with Gasteiger partial charge in [0, 0.05) is 12.0 Å². The number of amides is 1. The monoisotopic (exact) mass is 363 g/mol. The van der Waals surface area contributed by atoms with Gasteiger partial charge in [0.1, 0.15) is 15.4 Å². The zero-order chi connectivity index (χ0) is 18.2. The van der Waals surface area contributed by atoms with Crippen LogP contribution in [-0.2, 0) is 14.6 Å². The highest BCUT2D eigenvalue weighted by atomic mass is 32.2. The molecule has 0 aliphatic carbocycles. The minimum absolute atomic E-state index is 0.0394. The quantitative estimate of drug-likeness (QED) is 0.756. The molecule has 24 heavy (non-hydrogen) atoms. The predicted molar refractivity (Wildman–Crippen MR) is 89.4 cm³/mol. The molecule has 2 heterocycles. The number of aliphatic hydroxyl groups excluding tert-OH is 1. The molecule has 2 saturated heterocycles. The maximum Gasteiger partial charge on any atom is 0.410 e. The molecule has 2 aliphatic rings. The maximum absolute atomic E-state index is 12.3. The van der Waals surface area contributed by atoms with Crippen LogP contribution in [0.3, 0.4) is 0 Å². The minimum Gasteiger partial charge on any atom is -0.444 e. The summed E-state index contributed by atoms with van der Waals surface area (Å²) >= 11 is 0. The molecule has 2 N–H and O–H groups in total. The van der Waals surface area contributed by atoms with Gasteiger partial charge < -0.3 is 19.8 Å². The highest BCUT2D eigenvalue weighted by Gasteiger charge is 2.54. The Kier molecular flexibility index (Phi) is 5.24. The summed E-state index contributed by atoms with van der Waals surface area (Å²) in [6.45, 7) is 5.59. The lowest BCUT2D eigenvalue weighted by atomic mass is 9.65. The number of β-amino-alcohol motifs (C(OH)–C–C–N with tert-alkyl or cyclic N) is 1. The Morgan fingerprint density at radius 1 is 1.21 bits per heavy atom. The molecule has 0 radical (unpaired) electrons. The number of rotatable bonds is 2. The molecule has 0 saturated carbocycles. The van der Waals surface area contributed by atoms with Crippen molar-refractivity contribution in [3.05, 3.63) is 0 Å². The Morgan fingerprint density at radius 2 is 1.79 bits per heavy atom. The van der Waals surface area contributed by atoms with Crippen LogP contribution in [0.15, 0.2) is 0 Å². The van der Waals surface area contributed by atoms with Gasteiger partial charge in [0.2, 0.25) is 0 Å². The number of sulfone groups is 1. The van der Waals surface area contributed by atoms with E-state index in [4.69, 9.17) is 4.74 Å². The summed E-state index contributed by atoms with van der Waals surface area (Å²) in [6, 6.07) is 0. The molecule has 0 aromatic heterocycles. The van der Waals surface area contributed by atoms with Crippen LogP contribution in [0.4, 0.5) is 4.79 Å². The SMILES string of the molecule is CC(C)(C)OC(=O)N1CCCC(O)(C2(CO)CCS(=O)(=O)CC2)C1. The van der Waals surface area contributed by atoms with Crippen molar-refractivity contribution < 1.29 is 28.2 Å². The van der Waals surface area contributed by atoms with Crippen LogP contribution in [0, 0.1) is 5.41 Å². The minimum atomic E-state index is -3.11. The van der Waals surface area contributed by atoms with Crippen LogP contribution < -0.4 is 0 Å². The fourth-order valence-electron chi connectivity index (χ4n) is 3.65. The largest absolute Gasteiger partial charge is 0.444 e. The topological polar surface area (TPSA) is 104 Å². The number of nitrogens with zero attached hydrogens (tertiary/aromatic N) is 1. The molecule has 2 fully saturated rings. The normalized spacial score (nSPS) is 30.0. The fraction of sp³-hybridized carbons (Fsp3) is 0.938. The summed E-state index contributed by atoms with van der Waals surface area (Å²) < 4.78 is 28.8. The first-order valence-electron chi connectivity index (χ1n) is 8.44. The molecule has 0 bridgehead atoms. The second kappa shape index (κ2) is 6.46. The molecule has 0 spiro atoms. The Morgan fingerprint density at radius 3 is 2.29 bits per heavy atom. The smallest absolute Gasteiger partial charge is 0.410 e. The van der Waals surface area contributed by atoms with Gasteiger partial charge in [-0.15, -0.1) is 0 Å². The summed E-state index contributed by atoms with van der Waals surface area (Å²) in [4.78, 5) is 13.8. The lowest BCUT2D eigenvalue weighted by Gasteiger charge is -2.52. The van der Waals surface area contributed by atoms with Crippen molar-refractivity contribution in [2.45, 2.75) is 57.7 Å². The molecular weight excluding hydrogens is 334 g/mol. The van der Waals surface area contributed by atoms with Gasteiger partial charge in [0.25, 0.3) is 0 Å². The van der Waals surface area contributed by atoms with E-state index in [2.05, 4.69) is 0 Å². The van der Waals surface area contributed by atoms with Crippen molar-refractivity contribution in [3.8, 4) is 0 Å². The molecule has 7 nitrogen and oxygen atoms in total. The van der Waals surface area contributed by atoms with E-state index < -0.39 is 32.5 Å². The van der Waals surface area contributed by atoms with Gasteiger partial charge in [-0.3, -0.25) is 0 Å². The Labute approximate surface area is 143 Å². The standard InChI is InChI=1S/C16H29NO6S/c1-14(2,3)23-13(19)17-8-4-5-16(20,11-17)15(12-18)6-9-24(21,22)10-7-15/h18,20H,4-12H2,1-3H3. The second-order valence-electron chi connectivity index (χ2n) is 8.13. The summed E-state index contributed by atoms with van der Waals surface area (Å²) in [5.41, 5.74) is -2.81. The van der Waals surface area contributed by atoms with Crippen molar-refractivity contribution >= 4 is 15.9 Å². The zero-order valence-electron chi connectivity index (χ0n) is 14.7. The zero-order valence-corrected chi connectivity index (χ0v) is 15.6. The number of carbonyl (C=O) groups is 1. The molecule has 8 heteroatoms. The first kappa shape index (κ1) is 19.5. The van der Waals surface area contributed by atoms with E-state index >= 15 is 0 Å². The Balaban J connectivity index is 2.17. The second-order valence-corrected chi connectivity index (χ2v) is 10.4. The van der Waals surface area contributed by atoms with E-state index in [1.54, 1.807) is 20.8 Å². The highest BCUT2D eigenvalue weighted by Crippen LogP contribution is 2.46. The van der Waals surface area contributed by atoms with Crippen LogP contribution in [0.2, 0.25) is 0 Å². The average molecular weight is 363 g/mol. The van der Waals surface area contributed by atoms with E-state index in [1.807, 2.05) is 0 Å². The van der Waals surface area contributed by atoms with Crippen molar-refractivity contribution in [2.75, 3.05) is 31.2 Å². The summed E-state index contributed by atoms with van der Waals surface area (Å²) in [7, 11) is -3.11. The van der Waals surface area contributed by atoms with Crippen molar-refractivity contribution in [1.29, 1.82) is 0 Å². The van der Waals surface area contributed by atoms with Gasteiger partial charge in [-0.1, -0.05) is 0 Å². The fourth-order valence-corrected chi connectivity index (χ4v) is 5.26. The van der Waals surface area contributed by atoms with Gasteiger partial charge in [0.15, 0.2) is 0 Å². The molecule has 1 amide bonds. The number of aliphatic hydroxyl groups is 2. The van der Waals surface area contributed by atoms with Gasteiger partial charge >= 0.3 is 6.09 Å². The highest BCUT2D eigenvalue weighted by molar-refractivity contribution is 7.91. The number of carbonyl (C=O) groups excluding carboxylic acids is 1. The number of likely N-dealkylation sites (tertiary alicyclic amines) is 1. The Hall–Kier alpha value is -0.860. The maximum atomic E-state index is 12.3. The van der Waals surface area contributed by atoms with E-state index in [0.29, 0.717) is 19.4 Å².